The summed E-state index contributed by atoms with van der Waals surface area (Å²) in [7, 11) is 0. The Balaban J connectivity index is 0.000000208. The Bertz CT molecular complexity index is 3080. The average Bonchev–Trinajstić information content (AvgIpc) is 3.86. The maximum atomic E-state index is 6.43. The summed E-state index contributed by atoms with van der Waals surface area (Å²) in [5.41, 5.74) is 13.8. The molecule has 0 fully saturated rings. The van der Waals surface area contributed by atoms with Gasteiger partial charge in [-0.3, -0.25) is 4.98 Å². The van der Waals surface area contributed by atoms with Crippen LogP contribution in [0.1, 0.15) is 19.4 Å². The summed E-state index contributed by atoms with van der Waals surface area (Å²) in [6, 6.07) is 65.4. The van der Waals surface area contributed by atoms with Crippen LogP contribution in [-0.2, 0) is 26.5 Å². The Hall–Kier alpha value is -5.85. The van der Waals surface area contributed by atoms with Gasteiger partial charge in [0.25, 0.3) is 0 Å². The summed E-state index contributed by atoms with van der Waals surface area (Å²) >= 11 is -1.86. The Labute approximate surface area is 375 Å². The molecule has 0 saturated carbocycles. The largest absolute Gasteiger partial charge is 0.501 e. The molecule has 0 bridgehead atoms. The van der Waals surface area contributed by atoms with Gasteiger partial charge in [-0.1, -0.05) is 108 Å². The van der Waals surface area contributed by atoms with Gasteiger partial charge in [-0.05, 0) is 47.0 Å². The zero-order chi connectivity index (χ0) is 41.2. The molecular weight excluding hydrogens is 983 g/mol. The van der Waals surface area contributed by atoms with Crippen LogP contribution in [-0.4, -0.2) is 27.8 Å². The maximum absolute atomic E-state index is 6.43. The van der Waals surface area contributed by atoms with Gasteiger partial charge in [-0.2, -0.15) is 0 Å². The molecule has 0 amide bonds. The molecule has 0 aliphatic carbocycles. The van der Waals surface area contributed by atoms with Crippen LogP contribution >= 0.6 is 0 Å². The number of aromatic nitrogens is 3. The van der Waals surface area contributed by atoms with Gasteiger partial charge < -0.3 is 8.98 Å². The minimum Gasteiger partial charge on any atom is -0.501 e. The summed E-state index contributed by atoms with van der Waals surface area (Å²) in [4.78, 5) is 9.87. The van der Waals surface area contributed by atoms with Gasteiger partial charge in [0, 0.05) is 36.7 Å². The van der Waals surface area contributed by atoms with Crippen LogP contribution in [0.2, 0.25) is 17.3 Å². The first kappa shape index (κ1) is 41.9. The van der Waals surface area contributed by atoms with Crippen LogP contribution in [0.4, 0.5) is 0 Å². The fourth-order valence-electron chi connectivity index (χ4n) is 8.17. The van der Waals surface area contributed by atoms with Crippen LogP contribution in [0.5, 0.6) is 0 Å². The van der Waals surface area contributed by atoms with E-state index in [9.17, 15) is 0 Å². The summed E-state index contributed by atoms with van der Waals surface area (Å²) in [5.74, 6) is 8.79. The van der Waals surface area contributed by atoms with Crippen molar-refractivity contribution < 1.29 is 24.5 Å². The van der Waals surface area contributed by atoms with Crippen molar-refractivity contribution in [2.24, 2.45) is 5.92 Å². The van der Waals surface area contributed by atoms with Crippen LogP contribution < -0.4 is 4.40 Å². The van der Waals surface area contributed by atoms with E-state index in [4.69, 9.17) is 14.4 Å². The van der Waals surface area contributed by atoms with E-state index < -0.39 is 13.3 Å². The summed E-state index contributed by atoms with van der Waals surface area (Å²) in [6.07, 6.45) is 3.27. The van der Waals surface area contributed by atoms with Crippen molar-refractivity contribution in [1.82, 2.24) is 14.5 Å². The molecule has 0 atom stereocenters. The molecule has 0 aliphatic rings. The first-order valence-electron chi connectivity index (χ1n) is 20.7. The number of para-hydroxylation sites is 3. The molecule has 0 aliphatic heterocycles. The van der Waals surface area contributed by atoms with Gasteiger partial charge in [0.2, 0.25) is 0 Å². The van der Waals surface area contributed by atoms with E-state index in [-0.39, 0.29) is 20.1 Å². The SMILES string of the molecule is CC(C)Cc1cc(-c2[c-]cccc2)nc[c]1[Ge]([CH3])([CH3])[CH3].[Ir].[c-]1ccc2c(oc3ccccc32)c1-c1nc2ccccc2n1-c1ccc(-c2ccccc2)cc1-c1ccccc1. The molecule has 4 nitrogen and oxygen atoms in total. The fourth-order valence-corrected chi connectivity index (χ4v) is 11.5. The number of fused-ring (bicyclic) bond motifs is 4. The number of pyridine rings is 1. The van der Waals surface area contributed by atoms with E-state index in [1.165, 1.54) is 16.7 Å². The third-order valence-corrected chi connectivity index (χ3v) is 15.3. The fraction of sp³-hybridized carbons (Fsp3) is 0.127. The number of imidazole rings is 1. The number of hydrogen-bond acceptors (Lipinski definition) is 3. The molecular formula is C55H47GeIrN3O-2. The standard InChI is InChI=1S/C37H23N2O.C18H24GeN.Ir/c1-3-12-25(13-4-1)27-22-23-33(31(24-27)26-14-5-2-6-15-26)39-34-20-9-8-19-32(34)38-37(39)30-18-11-17-29-28-16-7-10-21-35(28)40-36(29)30;1-14(2)11-16-12-18(15-9-7-6-8-10-15)20-13-17(16)19(3,4)5;/h1-17,19-24H;6-9,12-14H,11H2,1-5H3;/q2*-1;. The molecule has 0 N–H and O–H groups in total. The van der Waals surface area contributed by atoms with E-state index in [2.05, 4.69) is 175 Å². The Morgan fingerprint density at radius 2 is 1.36 bits per heavy atom. The second-order valence-electron chi connectivity index (χ2n) is 16.8. The molecule has 6 heteroatoms. The number of rotatable bonds is 8. The molecule has 10 rings (SSSR count). The van der Waals surface area contributed by atoms with Crippen LogP contribution in [0, 0.1) is 18.1 Å². The van der Waals surface area contributed by atoms with Gasteiger partial charge in [0.05, 0.1) is 22.4 Å². The van der Waals surface area contributed by atoms with Crippen molar-refractivity contribution in [1.29, 1.82) is 0 Å². The molecule has 303 valence electrons. The molecule has 10 aromatic rings. The molecule has 3 aromatic heterocycles. The minimum atomic E-state index is -1.86. The third-order valence-electron chi connectivity index (χ3n) is 11.0. The van der Waals surface area contributed by atoms with Crippen molar-refractivity contribution in [3.05, 3.63) is 194 Å². The summed E-state index contributed by atoms with van der Waals surface area (Å²) in [6.45, 7) is 4.57. The number of hydrogen-bond donors (Lipinski definition) is 0. The molecule has 3 heterocycles. The molecule has 1 radical (unpaired) electrons. The van der Waals surface area contributed by atoms with Crippen molar-refractivity contribution in [3.63, 3.8) is 0 Å². The third kappa shape index (κ3) is 8.69. The maximum Gasteiger partial charge on any atom is 0.120 e. The smallest absolute Gasteiger partial charge is 0.120 e. The zero-order valence-electron chi connectivity index (χ0n) is 35.1. The van der Waals surface area contributed by atoms with Gasteiger partial charge in [0.15, 0.2) is 0 Å². The molecule has 61 heavy (non-hydrogen) atoms. The second kappa shape index (κ2) is 18.0. The Morgan fingerprint density at radius 1 is 0.656 bits per heavy atom. The molecule has 7 aromatic carbocycles. The van der Waals surface area contributed by atoms with Crippen molar-refractivity contribution in [3.8, 4) is 50.6 Å². The van der Waals surface area contributed by atoms with Gasteiger partial charge in [0.1, 0.15) is 5.58 Å². The van der Waals surface area contributed by atoms with E-state index in [0.717, 1.165) is 78.9 Å². The van der Waals surface area contributed by atoms with Gasteiger partial charge in [-0.25, -0.2) is 0 Å². The average molecular weight is 1030 g/mol. The van der Waals surface area contributed by atoms with E-state index in [1.807, 2.05) is 48.5 Å². The van der Waals surface area contributed by atoms with Crippen molar-refractivity contribution in [2.45, 2.75) is 37.5 Å². The Morgan fingerprint density at radius 3 is 2.10 bits per heavy atom. The summed E-state index contributed by atoms with van der Waals surface area (Å²) < 4.78 is 10.2. The van der Waals surface area contributed by atoms with Crippen molar-refractivity contribution in [2.75, 3.05) is 0 Å². The quantitative estimate of drug-likeness (QED) is 0.113. The van der Waals surface area contributed by atoms with Crippen LogP contribution in [0.3, 0.4) is 0 Å². The number of benzene rings is 7. The molecule has 0 unspecified atom stereocenters. The predicted molar refractivity (Wildman–Crippen MR) is 254 cm³/mol. The van der Waals surface area contributed by atoms with E-state index in [0.29, 0.717) is 5.92 Å². The normalized spacial score (nSPS) is 11.4. The number of nitrogens with zero attached hydrogens (tertiary/aromatic N) is 3. The zero-order valence-corrected chi connectivity index (χ0v) is 39.6. The van der Waals surface area contributed by atoms with E-state index >= 15 is 0 Å². The molecule has 0 saturated heterocycles. The first-order chi connectivity index (χ1) is 29.2. The number of furan rings is 1. The van der Waals surface area contributed by atoms with E-state index in [1.54, 1.807) is 4.40 Å². The Kier molecular flexibility index (Phi) is 12.4. The summed E-state index contributed by atoms with van der Waals surface area (Å²) in [5, 5.41) is 2.15. The second-order valence-corrected chi connectivity index (χ2v) is 27.3. The topological polar surface area (TPSA) is 43.9 Å². The monoisotopic (exact) mass is 1030 g/mol. The predicted octanol–water partition coefficient (Wildman–Crippen LogP) is 14.0. The van der Waals surface area contributed by atoms with Crippen molar-refractivity contribution >= 4 is 50.6 Å². The van der Waals surface area contributed by atoms with Gasteiger partial charge in [-0.15, -0.1) is 18.2 Å². The van der Waals surface area contributed by atoms with Crippen LogP contribution in [0.25, 0.3) is 83.6 Å². The van der Waals surface area contributed by atoms with Gasteiger partial charge >= 0.3 is 126 Å². The molecule has 0 spiro atoms. The first-order valence-corrected chi connectivity index (χ1v) is 28.1. The van der Waals surface area contributed by atoms with Crippen LogP contribution in [0.15, 0.2) is 180 Å². The minimum absolute atomic E-state index is 0.